The van der Waals surface area contributed by atoms with Gasteiger partial charge in [0.25, 0.3) is 5.91 Å². The fourth-order valence-electron chi connectivity index (χ4n) is 3.15. The van der Waals surface area contributed by atoms with E-state index in [1.165, 1.54) is 0 Å². The Morgan fingerprint density at radius 1 is 1.15 bits per heavy atom. The molecule has 1 fully saturated rings. The summed E-state index contributed by atoms with van der Waals surface area (Å²) in [6, 6.07) is 19.5. The minimum Gasteiger partial charge on any atom is -0.320 e. The molecule has 1 atom stereocenters. The molecule has 0 bridgehead atoms. The third-order valence-electron chi connectivity index (χ3n) is 4.48. The summed E-state index contributed by atoms with van der Waals surface area (Å²) in [5, 5.41) is 5.24. The largest absolute Gasteiger partial charge is 0.320 e. The topological polar surface area (TPSA) is 38.1 Å². The van der Waals surface area contributed by atoms with E-state index in [1.54, 1.807) is 16.4 Å². The average Bonchev–Trinajstić information content (AvgIpc) is 3.29. The summed E-state index contributed by atoms with van der Waals surface area (Å²) >= 11 is 7.77. The maximum absolute atomic E-state index is 13.2. The number of carbonyl (C=O) groups excluding carboxylic acids is 1. The molecule has 2 heterocycles. The first-order valence-corrected chi connectivity index (χ1v) is 9.83. The van der Waals surface area contributed by atoms with E-state index in [2.05, 4.69) is 5.10 Å². The normalized spacial score (nSPS) is 16.8. The van der Waals surface area contributed by atoms with Crippen LogP contribution in [0.5, 0.6) is 0 Å². The molecule has 1 aliphatic rings. The third-order valence-corrected chi connectivity index (χ3v) is 5.99. The third kappa shape index (κ3) is 3.24. The standard InChI is InChI=1S/C20H18ClN3OS/c1-23-18(13-17(22-23)14-5-3-2-4-6-14)19(25)24-11-12-26-20(24)15-7-9-16(21)10-8-15/h2-10,13,20H,11-12H2,1H3. The Bertz CT molecular complexity index is 924. The molecule has 26 heavy (non-hydrogen) atoms. The molecule has 1 aliphatic heterocycles. The van der Waals surface area contributed by atoms with Crippen molar-refractivity contribution in [2.75, 3.05) is 12.3 Å². The highest BCUT2D eigenvalue weighted by Crippen LogP contribution is 2.39. The molecule has 4 rings (SSSR count). The Morgan fingerprint density at radius 2 is 1.88 bits per heavy atom. The number of amides is 1. The molecule has 1 unspecified atom stereocenters. The summed E-state index contributed by atoms with van der Waals surface area (Å²) in [5.41, 5.74) is 3.51. The Labute approximate surface area is 161 Å². The van der Waals surface area contributed by atoms with Crippen molar-refractivity contribution in [2.24, 2.45) is 7.05 Å². The van der Waals surface area contributed by atoms with Crippen molar-refractivity contribution in [2.45, 2.75) is 5.37 Å². The summed E-state index contributed by atoms with van der Waals surface area (Å²) in [5.74, 6) is 0.926. The second-order valence-corrected chi connectivity index (χ2v) is 7.80. The summed E-state index contributed by atoms with van der Waals surface area (Å²) in [4.78, 5) is 15.1. The number of rotatable bonds is 3. The van der Waals surface area contributed by atoms with Crippen LogP contribution in [0.1, 0.15) is 21.4 Å². The van der Waals surface area contributed by atoms with Gasteiger partial charge in [0.1, 0.15) is 11.1 Å². The highest BCUT2D eigenvalue weighted by molar-refractivity contribution is 7.99. The number of nitrogens with zero attached hydrogens (tertiary/aromatic N) is 3. The molecule has 0 aliphatic carbocycles. The molecule has 132 valence electrons. The minimum atomic E-state index is 0.00660. The number of hydrogen-bond donors (Lipinski definition) is 0. The Balaban J connectivity index is 1.63. The number of halogens is 1. The van der Waals surface area contributed by atoms with E-state index in [9.17, 15) is 4.79 Å². The van der Waals surface area contributed by atoms with Gasteiger partial charge in [-0.2, -0.15) is 5.10 Å². The van der Waals surface area contributed by atoms with Gasteiger partial charge in [-0.3, -0.25) is 9.48 Å². The van der Waals surface area contributed by atoms with Crippen LogP contribution in [0, 0.1) is 0 Å². The lowest BCUT2D eigenvalue weighted by molar-refractivity contribution is 0.0749. The van der Waals surface area contributed by atoms with E-state index in [4.69, 9.17) is 11.6 Å². The number of aromatic nitrogens is 2. The molecule has 1 aromatic heterocycles. The number of benzene rings is 2. The minimum absolute atomic E-state index is 0.00660. The number of thioether (sulfide) groups is 1. The summed E-state index contributed by atoms with van der Waals surface area (Å²) in [6.07, 6.45) is 0. The fourth-order valence-corrected chi connectivity index (χ4v) is 4.53. The van der Waals surface area contributed by atoms with Crippen molar-refractivity contribution in [1.29, 1.82) is 0 Å². The Kier molecular flexibility index (Phi) is 4.74. The van der Waals surface area contributed by atoms with Crippen LogP contribution in [-0.2, 0) is 7.05 Å². The number of hydrogen-bond acceptors (Lipinski definition) is 3. The zero-order valence-electron chi connectivity index (χ0n) is 14.3. The van der Waals surface area contributed by atoms with Crippen LogP contribution in [0.25, 0.3) is 11.3 Å². The first-order valence-electron chi connectivity index (χ1n) is 8.41. The van der Waals surface area contributed by atoms with Crippen LogP contribution in [0.4, 0.5) is 0 Å². The van der Waals surface area contributed by atoms with E-state index in [-0.39, 0.29) is 11.3 Å². The van der Waals surface area contributed by atoms with Crippen LogP contribution in [0.2, 0.25) is 5.02 Å². The molecule has 1 saturated heterocycles. The predicted molar refractivity (Wildman–Crippen MR) is 106 cm³/mol. The second kappa shape index (κ2) is 7.17. The molecule has 2 aromatic carbocycles. The molecular formula is C20H18ClN3OS. The molecule has 4 nitrogen and oxygen atoms in total. The fraction of sp³-hybridized carbons (Fsp3) is 0.200. The lowest BCUT2D eigenvalue weighted by atomic mass is 10.1. The quantitative estimate of drug-likeness (QED) is 0.661. The van der Waals surface area contributed by atoms with Gasteiger partial charge in [0, 0.05) is 29.9 Å². The summed E-state index contributed by atoms with van der Waals surface area (Å²) in [6.45, 7) is 0.725. The van der Waals surface area contributed by atoms with E-state index in [1.807, 2.05) is 72.6 Å². The average molecular weight is 384 g/mol. The van der Waals surface area contributed by atoms with E-state index in [0.29, 0.717) is 10.7 Å². The lowest BCUT2D eigenvalue weighted by Gasteiger charge is -2.24. The summed E-state index contributed by atoms with van der Waals surface area (Å²) < 4.78 is 1.67. The first kappa shape index (κ1) is 17.2. The lowest BCUT2D eigenvalue weighted by Crippen LogP contribution is -2.31. The van der Waals surface area contributed by atoms with E-state index < -0.39 is 0 Å². The molecule has 0 radical (unpaired) electrons. The smallest absolute Gasteiger partial charge is 0.273 e. The van der Waals surface area contributed by atoms with E-state index >= 15 is 0 Å². The highest BCUT2D eigenvalue weighted by Gasteiger charge is 2.32. The monoisotopic (exact) mass is 383 g/mol. The van der Waals surface area contributed by atoms with Gasteiger partial charge in [-0.1, -0.05) is 54.1 Å². The van der Waals surface area contributed by atoms with Crippen LogP contribution < -0.4 is 0 Å². The molecule has 6 heteroatoms. The van der Waals surface area contributed by atoms with Crippen molar-refractivity contribution in [3.63, 3.8) is 0 Å². The van der Waals surface area contributed by atoms with Crippen molar-refractivity contribution >= 4 is 29.3 Å². The van der Waals surface area contributed by atoms with E-state index in [0.717, 1.165) is 29.1 Å². The van der Waals surface area contributed by atoms with Crippen molar-refractivity contribution in [3.8, 4) is 11.3 Å². The zero-order valence-corrected chi connectivity index (χ0v) is 15.9. The first-order chi connectivity index (χ1) is 12.6. The van der Waals surface area contributed by atoms with Gasteiger partial charge in [0.2, 0.25) is 0 Å². The second-order valence-electron chi connectivity index (χ2n) is 6.18. The van der Waals surface area contributed by atoms with Crippen LogP contribution in [0.3, 0.4) is 0 Å². The zero-order chi connectivity index (χ0) is 18.1. The van der Waals surface area contributed by atoms with Gasteiger partial charge in [0.15, 0.2) is 0 Å². The maximum atomic E-state index is 13.2. The van der Waals surface area contributed by atoms with Crippen molar-refractivity contribution in [1.82, 2.24) is 14.7 Å². The molecule has 0 saturated carbocycles. The van der Waals surface area contributed by atoms with Crippen LogP contribution >= 0.6 is 23.4 Å². The maximum Gasteiger partial charge on any atom is 0.273 e. The van der Waals surface area contributed by atoms with Crippen molar-refractivity contribution < 1.29 is 4.79 Å². The van der Waals surface area contributed by atoms with Gasteiger partial charge >= 0.3 is 0 Å². The Hall–Kier alpha value is -2.24. The molecule has 0 spiro atoms. The summed E-state index contributed by atoms with van der Waals surface area (Å²) in [7, 11) is 1.82. The Morgan fingerprint density at radius 3 is 2.62 bits per heavy atom. The van der Waals surface area contributed by atoms with Gasteiger partial charge in [-0.15, -0.1) is 11.8 Å². The van der Waals surface area contributed by atoms with Gasteiger partial charge < -0.3 is 4.90 Å². The number of aryl methyl sites for hydroxylation is 1. The molecular weight excluding hydrogens is 366 g/mol. The highest BCUT2D eigenvalue weighted by atomic mass is 35.5. The molecule has 3 aromatic rings. The van der Waals surface area contributed by atoms with Crippen LogP contribution in [0.15, 0.2) is 60.7 Å². The predicted octanol–water partition coefficient (Wildman–Crippen LogP) is 4.63. The van der Waals surface area contributed by atoms with Crippen molar-refractivity contribution in [3.05, 3.63) is 76.9 Å². The van der Waals surface area contributed by atoms with Gasteiger partial charge in [-0.25, -0.2) is 0 Å². The SMILES string of the molecule is Cn1nc(-c2ccccc2)cc1C(=O)N1CCSC1c1ccc(Cl)cc1. The van der Waals surface area contributed by atoms with Gasteiger partial charge in [-0.05, 0) is 23.8 Å². The molecule has 1 amide bonds. The van der Waals surface area contributed by atoms with Gasteiger partial charge in [0.05, 0.1) is 5.69 Å². The number of carbonyl (C=O) groups is 1. The molecule has 0 N–H and O–H groups in total. The van der Waals surface area contributed by atoms with Crippen LogP contribution in [-0.4, -0.2) is 32.9 Å².